The highest BCUT2D eigenvalue weighted by Gasteiger charge is 2.17. The molecule has 0 bridgehead atoms. The number of carbonyl (C=O) groups is 1. The lowest BCUT2D eigenvalue weighted by molar-refractivity contribution is -0.145. The minimum atomic E-state index is -0.395. The summed E-state index contributed by atoms with van der Waals surface area (Å²) in [6.45, 7) is 1.77. The fraction of sp³-hybridized carbons (Fsp3) is 0.286. The topological polar surface area (TPSA) is 52.3 Å². The van der Waals surface area contributed by atoms with Crippen LogP contribution in [0.15, 0.2) is 11.4 Å². The summed E-state index contributed by atoms with van der Waals surface area (Å²) in [7, 11) is 0. The SMILES string of the molecule is CC(C(=O)ON)c1cc(I)cs1. The molecule has 0 amide bonds. The molecular formula is C7H8INO2S. The summed E-state index contributed by atoms with van der Waals surface area (Å²) >= 11 is 3.73. The Labute approximate surface area is 88.0 Å². The summed E-state index contributed by atoms with van der Waals surface area (Å²) in [6.07, 6.45) is 0. The molecule has 12 heavy (non-hydrogen) atoms. The van der Waals surface area contributed by atoms with E-state index in [9.17, 15) is 4.79 Å². The summed E-state index contributed by atoms with van der Waals surface area (Å²) < 4.78 is 1.13. The molecule has 0 aliphatic carbocycles. The van der Waals surface area contributed by atoms with Crippen LogP contribution < -0.4 is 5.90 Å². The minimum Gasteiger partial charge on any atom is -0.373 e. The Morgan fingerprint density at radius 3 is 2.92 bits per heavy atom. The fourth-order valence-electron chi connectivity index (χ4n) is 0.774. The van der Waals surface area contributed by atoms with Crippen LogP contribution in [-0.2, 0) is 9.63 Å². The summed E-state index contributed by atoms with van der Waals surface area (Å²) in [5.74, 6) is 4.11. The third kappa shape index (κ3) is 2.18. The zero-order valence-corrected chi connectivity index (χ0v) is 9.39. The molecule has 0 aliphatic heterocycles. The van der Waals surface area contributed by atoms with Crippen molar-refractivity contribution in [3.05, 3.63) is 19.9 Å². The molecule has 1 heterocycles. The maximum atomic E-state index is 11.0. The first kappa shape index (κ1) is 9.94. The first-order valence-corrected chi connectivity index (χ1v) is 5.25. The van der Waals surface area contributed by atoms with Gasteiger partial charge >= 0.3 is 5.97 Å². The zero-order chi connectivity index (χ0) is 9.14. The maximum Gasteiger partial charge on any atom is 0.332 e. The summed E-state index contributed by atoms with van der Waals surface area (Å²) in [4.78, 5) is 16.1. The van der Waals surface area contributed by atoms with Gasteiger partial charge in [-0.1, -0.05) is 0 Å². The lowest BCUT2D eigenvalue weighted by Crippen LogP contribution is -2.15. The molecule has 1 rings (SSSR count). The molecular weight excluding hydrogens is 289 g/mol. The van der Waals surface area contributed by atoms with E-state index in [0.29, 0.717) is 0 Å². The average molecular weight is 297 g/mol. The maximum absolute atomic E-state index is 11.0. The van der Waals surface area contributed by atoms with E-state index < -0.39 is 5.97 Å². The van der Waals surface area contributed by atoms with Crippen molar-refractivity contribution >= 4 is 39.9 Å². The molecule has 1 aromatic rings. The quantitative estimate of drug-likeness (QED) is 0.670. The van der Waals surface area contributed by atoms with Gasteiger partial charge in [0.1, 0.15) is 0 Å². The van der Waals surface area contributed by atoms with Gasteiger partial charge in [-0.15, -0.1) is 11.3 Å². The third-order valence-corrected chi connectivity index (χ3v) is 3.65. The molecule has 66 valence electrons. The molecule has 0 aliphatic rings. The predicted molar refractivity (Wildman–Crippen MR) is 55.7 cm³/mol. The van der Waals surface area contributed by atoms with Gasteiger partial charge in [0, 0.05) is 13.8 Å². The van der Waals surface area contributed by atoms with Crippen LogP contribution in [0, 0.1) is 3.57 Å². The Morgan fingerprint density at radius 1 is 1.83 bits per heavy atom. The van der Waals surface area contributed by atoms with E-state index in [0.717, 1.165) is 8.45 Å². The van der Waals surface area contributed by atoms with Crippen LogP contribution in [0.1, 0.15) is 17.7 Å². The molecule has 0 aromatic carbocycles. The van der Waals surface area contributed by atoms with Crippen molar-refractivity contribution in [2.45, 2.75) is 12.8 Å². The Balaban J connectivity index is 2.77. The predicted octanol–water partition coefficient (Wildman–Crippen LogP) is 1.87. The molecule has 5 heteroatoms. The van der Waals surface area contributed by atoms with Crippen LogP contribution in [0.4, 0.5) is 0 Å². The standard InChI is InChI=1S/C7H8INO2S/c1-4(7(10)11-9)6-2-5(8)3-12-6/h2-4H,9H2,1H3. The number of hydrogen-bond acceptors (Lipinski definition) is 4. The minimum absolute atomic E-state index is 0.261. The highest BCUT2D eigenvalue weighted by atomic mass is 127. The number of thiophene rings is 1. The molecule has 0 fully saturated rings. The lowest BCUT2D eigenvalue weighted by atomic mass is 10.1. The molecule has 0 saturated heterocycles. The molecule has 1 unspecified atom stereocenters. The number of nitrogens with two attached hydrogens (primary N) is 1. The van der Waals surface area contributed by atoms with Gasteiger partial charge in [-0.3, -0.25) is 0 Å². The Hall–Kier alpha value is -0.140. The smallest absolute Gasteiger partial charge is 0.332 e. The van der Waals surface area contributed by atoms with E-state index in [-0.39, 0.29) is 5.92 Å². The Morgan fingerprint density at radius 2 is 2.50 bits per heavy atom. The highest BCUT2D eigenvalue weighted by molar-refractivity contribution is 14.1. The molecule has 1 aromatic heterocycles. The number of rotatable bonds is 2. The van der Waals surface area contributed by atoms with E-state index in [1.165, 1.54) is 11.3 Å². The lowest BCUT2D eigenvalue weighted by Gasteiger charge is -2.03. The molecule has 0 saturated carbocycles. The van der Waals surface area contributed by atoms with Gasteiger partial charge in [-0.2, -0.15) is 5.90 Å². The van der Waals surface area contributed by atoms with Crippen molar-refractivity contribution in [2.24, 2.45) is 5.90 Å². The van der Waals surface area contributed by atoms with Crippen LogP contribution in [0.5, 0.6) is 0 Å². The van der Waals surface area contributed by atoms with Gasteiger partial charge in [0.15, 0.2) is 0 Å². The summed E-state index contributed by atoms with van der Waals surface area (Å²) in [6, 6.07) is 1.95. The second kappa shape index (κ2) is 4.20. The van der Waals surface area contributed by atoms with E-state index in [2.05, 4.69) is 27.4 Å². The number of carbonyl (C=O) groups excluding carboxylic acids is 1. The number of halogens is 1. The monoisotopic (exact) mass is 297 g/mol. The normalized spacial score (nSPS) is 12.6. The van der Waals surface area contributed by atoms with Crippen LogP contribution >= 0.6 is 33.9 Å². The van der Waals surface area contributed by atoms with E-state index in [1.807, 2.05) is 11.4 Å². The zero-order valence-electron chi connectivity index (χ0n) is 6.41. The third-order valence-electron chi connectivity index (χ3n) is 1.48. The molecule has 2 N–H and O–H groups in total. The van der Waals surface area contributed by atoms with Crippen molar-refractivity contribution in [1.82, 2.24) is 0 Å². The van der Waals surface area contributed by atoms with Gasteiger partial charge in [-0.05, 0) is 35.6 Å². The first-order valence-electron chi connectivity index (χ1n) is 3.29. The first-order chi connectivity index (χ1) is 5.65. The highest BCUT2D eigenvalue weighted by Crippen LogP contribution is 2.25. The number of hydrogen-bond donors (Lipinski definition) is 1. The van der Waals surface area contributed by atoms with Crippen molar-refractivity contribution < 1.29 is 9.63 Å². The van der Waals surface area contributed by atoms with Crippen molar-refractivity contribution in [2.75, 3.05) is 0 Å². The van der Waals surface area contributed by atoms with Crippen LogP contribution in [0.25, 0.3) is 0 Å². The summed E-state index contributed by atoms with van der Waals surface area (Å²) in [5, 5.41) is 1.98. The average Bonchev–Trinajstić information content (AvgIpc) is 2.49. The van der Waals surface area contributed by atoms with Crippen LogP contribution in [0.2, 0.25) is 0 Å². The largest absolute Gasteiger partial charge is 0.373 e. The van der Waals surface area contributed by atoms with Gasteiger partial charge in [0.2, 0.25) is 0 Å². The van der Waals surface area contributed by atoms with Gasteiger partial charge < -0.3 is 4.84 Å². The van der Waals surface area contributed by atoms with Crippen LogP contribution in [0.3, 0.4) is 0 Å². The Kier molecular flexibility index (Phi) is 3.48. The van der Waals surface area contributed by atoms with E-state index in [4.69, 9.17) is 5.90 Å². The van der Waals surface area contributed by atoms with Gasteiger partial charge in [0.05, 0.1) is 5.92 Å². The van der Waals surface area contributed by atoms with Crippen molar-refractivity contribution in [1.29, 1.82) is 0 Å². The summed E-state index contributed by atoms with van der Waals surface area (Å²) in [5.41, 5.74) is 0. The Bertz CT molecular complexity index is 287. The van der Waals surface area contributed by atoms with Gasteiger partial charge in [-0.25, -0.2) is 4.79 Å². The second-order valence-electron chi connectivity index (χ2n) is 2.33. The van der Waals surface area contributed by atoms with Gasteiger partial charge in [0.25, 0.3) is 0 Å². The van der Waals surface area contributed by atoms with E-state index >= 15 is 0 Å². The van der Waals surface area contributed by atoms with Crippen LogP contribution in [-0.4, -0.2) is 5.97 Å². The van der Waals surface area contributed by atoms with Crippen molar-refractivity contribution in [3.8, 4) is 0 Å². The molecule has 0 radical (unpaired) electrons. The van der Waals surface area contributed by atoms with Crippen molar-refractivity contribution in [3.63, 3.8) is 0 Å². The van der Waals surface area contributed by atoms with E-state index in [1.54, 1.807) is 6.92 Å². The molecule has 0 spiro atoms. The molecule has 3 nitrogen and oxygen atoms in total. The second-order valence-corrected chi connectivity index (χ2v) is 4.51. The molecule has 1 atom stereocenters. The fourth-order valence-corrected chi connectivity index (χ4v) is 2.51.